The molecule has 2 aliphatic rings. The van der Waals surface area contributed by atoms with E-state index in [-0.39, 0.29) is 12.4 Å². The van der Waals surface area contributed by atoms with Crippen LogP contribution in [0.25, 0.3) is 0 Å². The largest absolute Gasteiger partial charge is 0.379 e. The maximum Gasteiger partial charge on any atom is 0.0701 e. The molecule has 1 aliphatic carbocycles. The summed E-state index contributed by atoms with van der Waals surface area (Å²) in [7, 11) is 0. The van der Waals surface area contributed by atoms with Crippen molar-refractivity contribution in [2.45, 2.75) is 37.8 Å². The number of hydrogen-bond donors (Lipinski definition) is 2. The molecule has 1 aromatic heterocycles. The van der Waals surface area contributed by atoms with Crippen LogP contribution in [0.5, 0.6) is 0 Å². The van der Waals surface area contributed by atoms with E-state index in [1.165, 1.54) is 27.9 Å². The molecule has 21 heavy (non-hydrogen) atoms. The lowest BCUT2D eigenvalue weighted by Crippen LogP contribution is -2.51. The van der Waals surface area contributed by atoms with Gasteiger partial charge in [0, 0.05) is 30.1 Å². The third kappa shape index (κ3) is 4.91. The van der Waals surface area contributed by atoms with Crippen molar-refractivity contribution in [3.8, 4) is 0 Å². The average molecular weight is 396 g/mol. The van der Waals surface area contributed by atoms with Gasteiger partial charge in [-0.2, -0.15) is 0 Å². The van der Waals surface area contributed by atoms with Gasteiger partial charge in [0.15, 0.2) is 0 Å². The second-order valence-corrected chi connectivity index (χ2v) is 8.29. The maximum absolute atomic E-state index is 5.63. The highest BCUT2D eigenvalue weighted by Crippen LogP contribution is 2.29. The molecule has 1 saturated heterocycles. The molecule has 0 spiro atoms. The van der Waals surface area contributed by atoms with Crippen molar-refractivity contribution in [3.05, 3.63) is 20.8 Å². The normalized spacial score (nSPS) is 29.3. The first-order valence-electron chi connectivity index (χ1n) is 7.61. The lowest BCUT2D eigenvalue weighted by Gasteiger charge is -2.33. The zero-order valence-corrected chi connectivity index (χ0v) is 15.4. The predicted molar refractivity (Wildman–Crippen MR) is 94.7 cm³/mol. The Morgan fingerprint density at radius 3 is 3.00 bits per heavy atom. The lowest BCUT2D eigenvalue weighted by atomic mass is 9.94. The molecule has 0 aromatic carbocycles. The molecule has 1 aliphatic heterocycles. The summed E-state index contributed by atoms with van der Waals surface area (Å²) in [5.74, 6) is 0.741. The van der Waals surface area contributed by atoms with Crippen LogP contribution in [0.4, 0.5) is 0 Å². The fourth-order valence-electron chi connectivity index (χ4n) is 3.45. The average Bonchev–Trinajstić information content (AvgIpc) is 3.09. The van der Waals surface area contributed by atoms with Crippen LogP contribution in [0.15, 0.2) is 15.9 Å². The van der Waals surface area contributed by atoms with Crippen molar-refractivity contribution in [3.63, 3.8) is 0 Å². The Balaban J connectivity index is 0.00000161. The highest BCUT2D eigenvalue weighted by molar-refractivity contribution is 9.11. The summed E-state index contributed by atoms with van der Waals surface area (Å²) in [5, 5.41) is 7.42. The van der Waals surface area contributed by atoms with E-state index in [2.05, 4.69) is 38.7 Å². The first kappa shape index (κ1) is 17.7. The molecular formula is C15H24BrClN2OS. The van der Waals surface area contributed by atoms with Crippen LogP contribution in [0.2, 0.25) is 0 Å². The third-order valence-electron chi connectivity index (χ3n) is 4.44. The highest BCUT2D eigenvalue weighted by atomic mass is 79.9. The summed E-state index contributed by atoms with van der Waals surface area (Å²) in [4.78, 5) is 1.46. The number of rotatable bonds is 5. The van der Waals surface area contributed by atoms with Gasteiger partial charge in [-0.15, -0.1) is 23.7 Å². The highest BCUT2D eigenvalue weighted by Gasteiger charge is 2.34. The molecule has 1 aromatic rings. The predicted octanol–water partition coefficient (Wildman–Crippen LogP) is 3.22. The Morgan fingerprint density at radius 2 is 2.29 bits per heavy atom. The van der Waals surface area contributed by atoms with Gasteiger partial charge in [-0.05, 0) is 53.2 Å². The lowest BCUT2D eigenvalue weighted by molar-refractivity contribution is 0.0526. The van der Waals surface area contributed by atoms with Gasteiger partial charge in [-0.1, -0.05) is 6.42 Å². The summed E-state index contributed by atoms with van der Waals surface area (Å²) >= 11 is 5.37. The van der Waals surface area contributed by atoms with Crippen LogP contribution in [0.1, 0.15) is 24.1 Å². The van der Waals surface area contributed by atoms with Crippen molar-refractivity contribution in [1.29, 1.82) is 0 Å². The number of ether oxygens (including phenoxy) is 1. The monoisotopic (exact) mass is 394 g/mol. The standard InChI is InChI=1S/C15H23BrN2OS.ClH/c16-15-5-4-11(20-15)6-7-17-13-3-1-2-12(13)14-10-19-9-8-18-14;/h4-5,12-14,17-18H,1-3,6-10H2;1H. The summed E-state index contributed by atoms with van der Waals surface area (Å²) in [6.07, 6.45) is 5.14. The molecule has 3 unspecified atom stereocenters. The maximum atomic E-state index is 5.63. The van der Waals surface area contributed by atoms with Crippen molar-refractivity contribution in [1.82, 2.24) is 10.6 Å². The second-order valence-electron chi connectivity index (χ2n) is 5.75. The van der Waals surface area contributed by atoms with E-state index in [1.807, 2.05) is 11.3 Å². The van der Waals surface area contributed by atoms with Gasteiger partial charge in [0.2, 0.25) is 0 Å². The van der Waals surface area contributed by atoms with Gasteiger partial charge in [0.25, 0.3) is 0 Å². The van der Waals surface area contributed by atoms with Gasteiger partial charge in [0.05, 0.1) is 17.0 Å². The van der Waals surface area contributed by atoms with Crippen molar-refractivity contribution in [2.75, 3.05) is 26.3 Å². The van der Waals surface area contributed by atoms with E-state index in [4.69, 9.17) is 4.74 Å². The number of thiophene rings is 1. The fraction of sp³-hybridized carbons (Fsp3) is 0.733. The molecule has 0 radical (unpaired) electrons. The van der Waals surface area contributed by atoms with Gasteiger partial charge in [-0.3, -0.25) is 0 Å². The Hall–Kier alpha value is 0.350. The third-order valence-corrected chi connectivity index (χ3v) is 6.13. The smallest absolute Gasteiger partial charge is 0.0701 e. The van der Waals surface area contributed by atoms with Crippen LogP contribution in [0.3, 0.4) is 0 Å². The van der Waals surface area contributed by atoms with E-state index >= 15 is 0 Å². The summed E-state index contributed by atoms with van der Waals surface area (Å²) in [5.41, 5.74) is 0. The topological polar surface area (TPSA) is 33.3 Å². The van der Waals surface area contributed by atoms with E-state index in [1.54, 1.807) is 0 Å². The van der Waals surface area contributed by atoms with Crippen molar-refractivity contribution < 1.29 is 4.74 Å². The molecule has 120 valence electrons. The molecule has 1 saturated carbocycles. The van der Waals surface area contributed by atoms with Gasteiger partial charge >= 0.3 is 0 Å². The molecule has 6 heteroatoms. The number of hydrogen-bond acceptors (Lipinski definition) is 4. The molecule has 2 N–H and O–H groups in total. The Kier molecular flexibility index (Phi) is 7.46. The molecular weight excluding hydrogens is 372 g/mol. The minimum absolute atomic E-state index is 0. The molecule has 2 heterocycles. The van der Waals surface area contributed by atoms with Crippen molar-refractivity contribution in [2.24, 2.45) is 5.92 Å². The minimum atomic E-state index is 0. The zero-order valence-electron chi connectivity index (χ0n) is 12.1. The second kappa shape index (κ2) is 8.85. The van der Waals surface area contributed by atoms with Crippen LogP contribution < -0.4 is 10.6 Å². The molecule has 0 bridgehead atoms. The van der Waals surface area contributed by atoms with E-state index in [0.29, 0.717) is 12.1 Å². The summed E-state index contributed by atoms with van der Waals surface area (Å²) in [6, 6.07) is 5.58. The van der Waals surface area contributed by atoms with Gasteiger partial charge < -0.3 is 15.4 Å². The molecule has 2 fully saturated rings. The quantitative estimate of drug-likeness (QED) is 0.803. The van der Waals surface area contributed by atoms with E-state index in [0.717, 1.165) is 38.6 Å². The molecule has 3 rings (SSSR count). The van der Waals surface area contributed by atoms with Gasteiger partial charge in [0.1, 0.15) is 0 Å². The minimum Gasteiger partial charge on any atom is -0.379 e. The molecule has 3 atom stereocenters. The first-order valence-corrected chi connectivity index (χ1v) is 9.22. The summed E-state index contributed by atoms with van der Waals surface area (Å²) in [6.45, 7) is 3.86. The Labute approximate surface area is 145 Å². The molecule has 0 amide bonds. The van der Waals surface area contributed by atoms with E-state index < -0.39 is 0 Å². The van der Waals surface area contributed by atoms with Crippen LogP contribution in [0, 0.1) is 5.92 Å². The first-order chi connectivity index (χ1) is 9.83. The van der Waals surface area contributed by atoms with Crippen LogP contribution >= 0.6 is 39.7 Å². The number of halogens is 2. The Morgan fingerprint density at radius 1 is 1.38 bits per heavy atom. The zero-order chi connectivity index (χ0) is 13.8. The number of nitrogens with one attached hydrogen (secondary N) is 2. The van der Waals surface area contributed by atoms with Crippen molar-refractivity contribution >= 4 is 39.7 Å². The Bertz CT molecular complexity index is 426. The number of morpholine rings is 1. The SMILES string of the molecule is Brc1ccc(CCNC2CCCC2C2COCCN2)s1.Cl. The van der Waals surface area contributed by atoms with Crippen LogP contribution in [-0.4, -0.2) is 38.4 Å². The summed E-state index contributed by atoms with van der Waals surface area (Å²) < 4.78 is 6.86. The van der Waals surface area contributed by atoms with Crippen LogP contribution in [-0.2, 0) is 11.2 Å². The fourth-order valence-corrected chi connectivity index (χ4v) is 4.93. The van der Waals surface area contributed by atoms with E-state index in [9.17, 15) is 0 Å². The molecule has 3 nitrogen and oxygen atoms in total. The van der Waals surface area contributed by atoms with Gasteiger partial charge in [-0.25, -0.2) is 0 Å².